The van der Waals surface area contributed by atoms with E-state index in [-0.39, 0.29) is 18.6 Å². The standard InChI is InChI=1S/C23H33N3OS.ClH/c1-5-8-14-25(15-9-6-2)21(7-3)27-20-12-10-19(11-13-20)22-18(4)26-16-17-28-23(26)24-22;/h10-13,16-17,21H,5-9,14-15H2,1-4H3;1H. The largest absolute Gasteiger partial charge is 0.475 e. The molecule has 4 nitrogen and oxygen atoms in total. The minimum absolute atomic E-state index is 0. The number of ether oxygens (including phenoxy) is 1. The predicted molar refractivity (Wildman–Crippen MR) is 127 cm³/mol. The third-order valence-electron chi connectivity index (χ3n) is 5.26. The third kappa shape index (κ3) is 5.74. The number of halogens is 1. The normalized spacial score (nSPS) is 12.3. The fourth-order valence-corrected chi connectivity index (χ4v) is 4.32. The summed E-state index contributed by atoms with van der Waals surface area (Å²) in [6.45, 7) is 11.1. The molecule has 1 unspecified atom stereocenters. The van der Waals surface area contributed by atoms with E-state index in [9.17, 15) is 0 Å². The summed E-state index contributed by atoms with van der Waals surface area (Å²) in [4.78, 5) is 8.33. The van der Waals surface area contributed by atoms with E-state index < -0.39 is 0 Å². The minimum Gasteiger partial charge on any atom is -0.475 e. The molecule has 0 radical (unpaired) electrons. The van der Waals surface area contributed by atoms with Gasteiger partial charge >= 0.3 is 0 Å². The monoisotopic (exact) mass is 435 g/mol. The molecule has 2 aromatic heterocycles. The number of aromatic nitrogens is 2. The average Bonchev–Trinajstić information content (AvgIpc) is 3.30. The van der Waals surface area contributed by atoms with Gasteiger partial charge in [-0.3, -0.25) is 9.30 Å². The van der Waals surface area contributed by atoms with Crippen LogP contribution >= 0.6 is 23.7 Å². The van der Waals surface area contributed by atoms with Gasteiger partial charge in [0.15, 0.2) is 11.2 Å². The highest BCUT2D eigenvalue weighted by atomic mass is 35.5. The molecule has 0 bridgehead atoms. The van der Waals surface area contributed by atoms with E-state index in [1.54, 1.807) is 11.3 Å². The Kier molecular flexibility index (Phi) is 9.47. The van der Waals surface area contributed by atoms with Crippen molar-refractivity contribution in [3.8, 4) is 17.0 Å². The van der Waals surface area contributed by atoms with Crippen LogP contribution in [0.1, 0.15) is 58.6 Å². The fraction of sp³-hybridized carbons (Fsp3) is 0.522. The van der Waals surface area contributed by atoms with Gasteiger partial charge in [-0.2, -0.15) is 0 Å². The van der Waals surface area contributed by atoms with Gasteiger partial charge in [0.05, 0.1) is 5.69 Å². The van der Waals surface area contributed by atoms with E-state index in [0.29, 0.717) is 0 Å². The Balaban J connectivity index is 0.00000300. The average molecular weight is 436 g/mol. The zero-order valence-electron chi connectivity index (χ0n) is 18.1. The molecule has 0 fully saturated rings. The summed E-state index contributed by atoms with van der Waals surface area (Å²) in [7, 11) is 0. The van der Waals surface area contributed by atoms with Crippen molar-refractivity contribution < 1.29 is 4.74 Å². The van der Waals surface area contributed by atoms with Gasteiger partial charge in [0.1, 0.15) is 5.75 Å². The van der Waals surface area contributed by atoms with Crippen molar-refractivity contribution in [2.24, 2.45) is 0 Å². The fourth-order valence-electron chi connectivity index (χ4n) is 3.56. The highest BCUT2D eigenvalue weighted by Crippen LogP contribution is 2.28. The lowest BCUT2D eigenvalue weighted by Crippen LogP contribution is -2.40. The number of unbranched alkanes of at least 4 members (excludes halogenated alkanes) is 2. The van der Waals surface area contributed by atoms with E-state index in [0.717, 1.165) is 41.5 Å². The van der Waals surface area contributed by atoms with E-state index in [2.05, 4.69) is 72.8 Å². The van der Waals surface area contributed by atoms with Crippen molar-refractivity contribution in [1.29, 1.82) is 0 Å². The molecule has 160 valence electrons. The molecular weight excluding hydrogens is 402 g/mol. The molecule has 2 heterocycles. The number of nitrogens with zero attached hydrogens (tertiary/aromatic N) is 3. The number of benzene rings is 1. The molecule has 0 aliphatic heterocycles. The van der Waals surface area contributed by atoms with Gasteiger partial charge in [-0.1, -0.05) is 33.6 Å². The topological polar surface area (TPSA) is 29.8 Å². The Morgan fingerprint density at radius 2 is 1.72 bits per heavy atom. The predicted octanol–water partition coefficient (Wildman–Crippen LogP) is 6.81. The highest BCUT2D eigenvalue weighted by Gasteiger charge is 2.18. The molecule has 0 aliphatic carbocycles. The van der Waals surface area contributed by atoms with Crippen LogP contribution in [0.25, 0.3) is 16.2 Å². The Bertz CT molecular complexity index is 851. The second kappa shape index (κ2) is 11.6. The highest BCUT2D eigenvalue weighted by molar-refractivity contribution is 7.15. The SMILES string of the molecule is CCCCN(CCCC)C(CC)Oc1ccc(-c2nc3sccn3c2C)cc1.Cl. The summed E-state index contributed by atoms with van der Waals surface area (Å²) in [5.41, 5.74) is 3.38. The Labute approximate surface area is 185 Å². The van der Waals surface area contributed by atoms with Gasteiger partial charge in [-0.15, -0.1) is 23.7 Å². The summed E-state index contributed by atoms with van der Waals surface area (Å²) in [6, 6.07) is 8.43. The maximum atomic E-state index is 6.39. The van der Waals surface area contributed by atoms with E-state index >= 15 is 0 Å². The molecule has 0 spiro atoms. The van der Waals surface area contributed by atoms with E-state index in [1.807, 2.05) is 0 Å². The molecule has 6 heteroatoms. The van der Waals surface area contributed by atoms with Gasteiger partial charge < -0.3 is 4.74 Å². The van der Waals surface area contributed by atoms with Crippen LogP contribution in [0, 0.1) is 6.92 Å². The number of hydrogen-bond donors (Lipinski definition) is 0. The van der Waals surface area contributed by atoms with Gasteiger partial charge in [0.2, 0.25) is 0 Å². The quantitative estimate of drug-likeness (QED) is 0.310. The number of aryl methyl sites for hydroxylation is 1. The zero-order valence-corrected chi connectivity index (χ0v) is 19.7. The summed E-state index contributed by atoms with van der Waals surface area (Å²) >= 11 is 1.67. The number of fused-ring (bicyclic) bond motifs is 1. The lowest BCUT2D eigenvalue weighted by molar-refractivity contribution is 0.0202. The van der Waals surface area contributed by atoms with Crippen molar-refractivity contribution in [3.63, 3.8) is 0 Å². The van der Waals surface area contributed by atoms with Crippen molar-refractivity contribution in [1.82, 2.24) is 14.3 Å². The molecule has 0 saturated carbocycles. The molecule has 29 heavy (non-hydrogen) atoms. The van der Waals surface area contributed by atoms with Crippen molar-refractivity contribution >= 4 is 28.7 Å². The van der Waals surface area contributed by atoms with Crippen LogP contribution in [0.2, 0.25) is 0 Å². The van der Waals surface area contributed by atoms with Crippen LogP contribution in [0.15, 0.2) is 35.8 Å². The van der Waals surface area contributed by atoms with Crippen molar-refractivity contribution in [2.75, 3.05) is 13.1 Å². The zero-order chi connectivity index (χ0) is 19.9. The molecule has 1 aromatic carbocycles. The number of rotatable bonds is 11. The molecule has 0 N–H and O–H groups in total. The van der Waals surface area contributed by atoms with Crippen LogP contribution in [-0.2, 0) is 0 Å². The summed E-state index contributed by atoms with van der Waals surface area (Å²) in [6.07, 6.45) is 8.09. The van der Waals surface area contributed by atoms with Crippen molar-refractivity contribution in [2.45, 2.75) is 66.0 Å². The van der Waals surface area contributed by atoms with Crippen LogP contribution < -0.4 is 4.74 Å². The van der Waals surface area contributed by atoms with Crippen LogP contribution in [-0.4, -0.2) is 33.6 Å². The molecular formula is C23H34ClN3OS. The maximum Gasteiger partial charge on any atom is 0.194 e. The first-order valence-corrected chi connectivity index (χ1v) is 11.5. The van der Waals surface area contributed by atoms with Crippen molar-refractivity contribution in [3.05, 3.63) is 41.5 Å². The van der Waals surface area contributed by atoms with Gasteiger partial charge in [-0.25, -0.2) is 4.98 Å². The van der Waals surface area contributed by atoms with Crippen LogP contribution in [0.5, 0.6) is 5.75 Å². The molecule has 0 aliphatic rings. The molecule has 0 saturated heterocycles. The second-order valence-corrected chi connectivity index (χ2v) is 8.22. The first-order chi connectivity index (χ1) is 13.7. The van der Waals surface area contributed by atoms with Crippen LogP contribution in [0.4, 0.5) is 0 Å². The number of imidazole rings is 1. The first kappa shape index (κ1) is 23.7. The summed E-state index contributed by atoms with van der Waals surface area (Å²) < 4.78 is 8.54. The maximum absolute atomic E-state index is 6.39. The lowest BCUT2D eigenvalue weighted by Gasteiger charge is -2.31. The molecule has 3 rings (SSSR count). The van der Waals surface area contributed by atoms with Gasteiger partial charge in [0.25, 0.3) is 0 Å². The molecule has 0 amide bonds. The van der Waals surface area contributed by atoms with E-state index in [4.69, 9.17) is 9.72 Å². The summed E-state index contributed by atoms with van der Waals surface area (Å²) in [5.74, 6) is 0.937. The smallest absolute Gasteiger partial charge is 0.194 e. The van der Waals surface area contributed by atoms with E-state index in [1.165, 1.54) is 31.4 Å². The minimum atomic E-state index is 0. The van der Waals surface area contributed by atoms with Gasteiger partial charge in [0, 0.05) is 35.9 Å². The number of hydrogen-bond acceptors (Lipinski definition) is 4. The second-order valence-electron chi connectivity index (χ2n) is 7.35. The summed E-state index contributed by atoms with van der Waals surface area (Å²) in [5, 5.41) is 2.07. The first-order valence-electron chi connectivity index (χ1n) is 10.6. The Morgan fingerprint density at radius 1 is 1.07 bits per heavy atom. The Morgan fingerprint density at radius 3 is 2.28 bits per heavy atom. The molecule has 1 atom stereocenters. The Hall–Kier alpha value is -1.56. The lowest BCUT2D eigenvalue weighted by atomic mass is 10.1. The number of thiazole rings is 1. The molecule has 3 aromatic rings. The van der Waals surface area contributed by atoms with Gasteiger partial charge in [-0.05, 0) is 50.5 Å². The third-order valence-corrected chi connectivity index (χ3v) is 6.01. The van der Waals surface area contributed by atoms with Crippen LogP contribution in [0.3, 0.4) is 0 Å².